The third kappa shape index (κ3) is 3.35. The molecule has 0 aliphatic carbocycles. The number of rotatable bonds is 4. The summed E-state index contributed by atoms with van der Waals surface area (Å²) in [6.45, 7) is 1.47. The first-order valence-corrected chi connectivity index (χ1v) is 6.17. The van der Waals surface area contributed by atoms with Crippen molar-refractivity contribution in [1.82, 2.24) is 4.98 Å². The number of alkyl halides is 1. The largest absolute Gasteiger partial charge is 0.489 e. The molecular weight excluding hydrogens is 226 g/mol. The fourth-order valence-electron chi connectivity index (χ4n) is 1.70. The molecule has 0 radical (unpaired) electrons. The molecule has 1 saturated heterocycles. The number of hydrogen-bond donors (Lipinski definition) is 0. The van der Waals surface area contributed by atoms with Crippen molar-refractivity contribution in [3.05, 3.63) is 24.0 Å². The van der Waals surface area contributed by atoms with Crippen LogP contribution in [0.3, 0.4) is 0 Å². The minimum Gasteiger partial charge on any atom is -0.489 e. The summed E-state index contributed by atoms with van der Waals surface area (Å²) in [6, 6.07) is 3.78. The van der Waals surface area contributed by atoms with E-state index >= 15 is 0 Å². The zero-order valence-corrected chi connectivity index (χ0v) is 9.95. The Morgan fingerprint density at radius 3 is 3.00 bits per heavy atom. The third-order valence-electron chi connectivity index (χ3n) is 2.64. The topological polar surface area (TPSA) is 31.4 Å². The molecule has 1 unspecified atom stereocenters. The predicted octanol–water partition coefficient (Wildman–Crippen LogP) is 2.77. The van der Waals surface area contributed by atoms with Gasteiger partial charge in [-0.2, -0.15) is 0 Å². The Bertz CT molecular complexity index is 309. The van der Waals surface area contributed by atoms with Crippen molar-refractivity contribution in [2.75, 3.05) is 13.2 Å². The molecule has 2 heterocycles. The van der Waals surface area contributed by atoms with Crippen LogP contribution in [0.2, 0.25) is 0 Å². The molecule has 4 heteroatoms. The maximum absolute atomic E-state index is 5.65. The van der Waals surface area contributed by atoms with Crippen LogP contribution in [0.25, 0.3) is 0 Å². The minimum absolute atomic E-state index is 0.237. The van der Waals surface area contributed by atoms with Crippen LogP contribution >= 0.6 is 11.6 Å². The zero-order valence-electron chi connectivity index (χ0n) is 9.19. The summed E-state index contributed by atoms with van der Waals surface area (Å²) in [5, 5.41) is 0. The lowest BCUT2D eigenvalue weighted by atomic mass is 10.1. The van der Waals surface area contributed by atoms with Gasteiger partial charge in [0, 0.05) is 6.61 Å². The predicted molar refractivity (Wildman–Crippen MR) is 62.9 cm³/mol. The summed E-state index contributed by atoms with van der Waals surface area (Å²) in [7, 11) is 0. The van der Waals surface area contributed by atoms with E-state index in [0.29, 0.717) is 12.5 Å². The van der Waals surface area contributed by atoms with Gasteiger partial charge in [0.15, 0.2) is 0 Å². The molecule has 1 aliphatic heterocycles. The maximum Gasteiger partial charge on any atom is 0.137 e. The summed E-state index contributed by atoms with van der Waals surface area (Å²) in [4.78, 5) is 4.16. The average Bonchev–Trinajstić information content (AvgIpc) is 2.38. The fraction of sp³-hybridized carbons (Fsp3) is 0.583. The van der Waals surface area contributed by atoms with Crippen molar-refractivity contribution in [3.8, 4) is 5.75 Å². The standard InChI is InChI=1S/C12H16ClNO2/c13-7-10-4-5-11(8-14-10)16-9-12-3-1-2-6-15-12/h4-5,8,12H,1-3,6-7,9H2. The van der Waals surface area contributed by atoms with Crippen LogP contribution in [0.1, 0.15) is 25.0 Å². The molecule has 0 saturated carbocycles. The molecule has 1 atom stereocenters. The Balaban J connectivity index is 1.79. The summed E-state index contributed by atoms with van der Waals surface area (Å²) < 4.78 is 11.2. The highest BCUT2D eigenvalue weighted by molar-refractivity contribution is 6.16. The Kier molecular flexibility index (Phi) is 4.43. The smallest absolute Gasteiger partial charge is 0.137 e. The number of hydrogen-bond acceptors (Lipinski definition) is 3. The molecule has 0 bridgehead atoms. The number of nitrogens with zero attached hydrogens (tertiary/aromatic N) is 1. The summed E-state index contributed by atoms with van der Waals surface area (Å²) in [5.74, 6) is 1.22. The second kappa shape index (κ2) is 6.06. The number of aromatic nitrogens is 1. The van der Waals surface area contributed by atoms with E-state index in [9.17, 15) is 0 Å². The van der Waals surface area contributed by atoms with Crippen molar-refractivity contribution < 1.29 is 9.47 Å². The molecular formula is C12H16ClNO2. The molecule has 0 amide bonds. The van der Waals surface area contributed by atoms with Gasteiger partial charge < -0.3 is 9.47 Å². The summed E-state index contributed by atoms with van der Waals surface area (Å²) in [6.07, 6.45) is 5.44. The first-order valence-electron chi connectivity index (χ1n) is 5.64. The van der Waals surface area contributed by atoms with Gasteiger partial charge in [-0.3, -0.25) is 4.98 Å². The normalized spacial score (nSPS) is 20.7. The van der Waals surface area contributed by atoms with E-state index in [1.165, 1.54) is 12.8 Å². The summed E-state index contributed by atoms with van der Waals surface area (Å²) >= 11 is 5.65. The van der Waals surface area contributed by atoms with Crippen LogP contribution in [0, 0.1) is 0 Å². The van der Waals surface area contributed by atoms with Gasteiger partial charge in [0.05, 0.1) is 23.9 Å². The SMILES string of the molecule is ClCc1ccc(OCC2CCCCO2)cn1. The highest BCUT2D eigenvalue weighted by Gasteiger charge is 2.14. The Morgan fingerprint density at radius 1 is 1.44 bits per heavy atom. The van der Waals surface area contributed by atoms with Crippen LogP contribution in [-0.2, 0) is 10.6 Å². The van der Waals surface area contributed by atoms with E-state index in [1.807, 2.05) is 12.1 Å². The molecule has 0 aromatic carbocycles. The highest BCUT2D eigenvalue weighted by Crippen LogP contribution is 2.15. The van der Waals surface area contributed by atoms with Crippen molar-refractivity contribution in [2.24, 2.45) is 0 Å². The molecule has 2 rings (SSSR count). The average molecular weight is 242 g/mol. The number of halogens is 1. The quantitative estimate of drug-likeness (QED) is 0.760. The van der Waals surface area contributed by atoms with Gasteiger partial charge in [-0.15, -0.1) is 11.6 Å². The number of pyridine rings is 1. The minimum atomic E-state index is 0.237. The van der Waals surface area contributed by atoms with Gasteiger partial charge in [-0.05, 0) is 31.4 Å². The van der Waals surface area contributed by atoms with Crippen molar-refractivity contribution in [3.63, 3.8) is 0 Å². The van der Waals surface area contributed by atoms with Gasteiger partial charge in [0.2, 0.25) is 0 Å². The van der Waals surface area contributed by atoms with E-state index in [-0.39, 0.29) is 6.10 Å². The van der Waals surface area contributed by atoms with E-state index in [0.717, 1.165) is 24.5 Å². The number of ether oxygens (including phenoxy) is 2. The fourth-order valence-corrected chi connectivity index (χ4v) is 1.86. The van der Waals surface area contributed by atoms with Crippen LogP contribution < -0.4 is 4.74 Å². The molecule has 3 nitrogen and oxygen atoms in total. The van der Waals surface area contributed by atoms with Crippen molar-refractivity contribution >= 4 is 11.6 Å². The van der Waals surface area contributed by atoms with Crippen molar-refractivity contribution in [1.29, 1.82) is 0 Å². The Hall–Kier alpha value is -0.800. The third-order valence-corrected chi connectivity index (χ3v) is 2.92. The van der Waals surface area contributed by atoms with Gasteiger partial charge in [-0.1, -0.05) is 0 Å². The molecule has 1 aromatic rings. The van der Waals surface area contributed by atoms with Gasteiger partial charge >= 0.3 is 0 Å². The molecule has 16 heavy (non-hydrogen) atoms. The summed E-state index contributed by atoms with van der Waals surface area (Å²) in [5.41, 5.74) is 0.864. The van der Waals surface area contributed by atoms with Gasteiger partial charge in [0.25, 0.3) is 0 Å². The van der Waals surface area contributed by atoms with Crippen molar-refractivity contribution in [2.45, 2.75) is 31.2 Å². The van der Waals surface area contributed by atoms with Crippen LogP contribution in [0.5, 0.6) is 5.75 Å². The molecule has 1 aliphatic rings. The second-order valence-electron chi connectivity index (χ2n) is 3.92. The van der Waals surface area contributed by atoms with E-state index in [1.54, 1.807) is 6.20 Å². The monoisotopic (exact) mass is 241 g/mol. The maximum atomic E-state index is 5.65. The van der Waals surface area contributed by atoms with E-state index < -0.39 is 0 Å². The van der Waals surface area contributed by atoms with E-state index in [4.69, 9.17) is 21.1 Å². The van der Waals surface area contributed by atoms with Gasteiger partial charge in [0.1, 0.15) is 12.4 Å². The lowest BCUT2D eigenvalue weighted by molar-refractivity contribution is -0.0111. The lowest BCUT2D eigenvalue weighted by Gasteiger charge is -2.22. The van der Waals surface area contributed by atoms with Crippen LogP contribution in [-0.4, -0.2) is 24.3 Å². The second-order valence-corrected chi connectivity index (χ2v) is 4.19. The first kappa shape index (κ1) is 11.7. The molecule has 88 valence electrons. The lowest BCUT2D eigenvalue weighted by Crippen LogP contribution is -2.25. The van der Waals surface area contributed by atoms with Gasteiger partial charge in [-0.25, -0.2) is 0 Å². The Morgan fingerprint density at radius 2 is 2.38 bits per heavy atom. The molecule has 0 spiro atoms. The Labute approximate surface area is 101 Å². The van der Waals surface area contributed by atoms with Crippen LogP contribution in [0.15, 0.2) is 18.3 Å². The molecule has 0 N–H and O–H groups in total. The first-order chi connectivity index (χ1) is 7.88. The van der Waals surface area contributed by atoms with Crippen LogP contribution in [0.4, 0.5) is 0 Å². The molecule has 1 fully saturated rings. The van der Waals surface area contributed by atoms with E-state index in [2.05, 4.69) is 4.98 Å². The molecule has 1 aromatic heterocycles. The zero-order chi connectivity index (χ0) is 11.2. The highest BCUT2D eigenvalue weighted by atomic mass is 35.5.